The summed E-state index contributed by atoms with van der Waals surface area (Å²) in [7, 11) is 0. The van der Waals surface area contributed by atoms with Gasteiger partial charge in [-0.3, -0.25) is 9.59 Å². The first-order valence-electron chi connectivity index (χ1n) is 5.26. The molecule has 0 rings (SSSR count). The Balaban J connectivity index is 3.25. The molecule has 2 N–H and O–H groups in total. The van der Waals surface area contributed by atoms with E-state index in [1.54, 1.807) is 0 Å². The Labute approximate surface area is 90.4 Å². The summed E-state index contributed by atoms with van der Waals surface area (Å²) in [5.41, 5.74) is 0. The quantitative estimate of drug-likeness (QED) is 0.452. The van der Waals surface area contributed by atoms with Crippen LogP contribution >= 0.6 is 0 Å². The number of rotatable bonds is 9. The van der Waals surface area contributed by atoms with E-state index in [0.717, 1.165) is 25.7 Å². The minimum atomic E-state index is -0.888. The molecule has 0 aliphatic heterocycles. The highest BCUT2D eigenvalue weighted by Gasteiger charge is 2.01. The number of carboxylic acids is 1. The van der Waals surface area contributed by atoms with Crippen LogP contribution in [-0.2, 0) is 9.59 Å². The van der Waals surface area contributed by atoms with Crippen LogP contribution in [0.4, 0.5) is 0 Å². The maximum atomic E-state index is 11.1. The number of allylic oxidation sites excluding steroid dienone is 1. The summed E-state index contributed by atoms with van der Waals surface area (Å²) in [5, 5.41) is 10.9. The van der Waals surface area contributed by atoms with Gasteiger partial charge in [0, 0.05) is 13.0 Å². The van der Waals surface area contributed by atoms with E-state index >= 15 is 0 Å². The smallest absolute Gasteiger partial charge is 0.305 e. The standard InChI is InChI=1S/C11H19NO3/c1-2-3-4-5-6-7-10(13)12-9-8-11(14)15/h2H,1,3-9H2,(H,12,13)(H,14,15). The number of carboxylic acid groups (broad SMARTS) is 1. The lowest BCUT2D eigenvalue weighted by atomic mass is 10.1. The Kier molecular flexibility index (Phi) is 8.43. The molecule has 0 unspecified atom stereocenters. The fourth-order valence-electron chi connectivity index (χ4n) is 1.15. The van der Waals surface area contributed by atoms with Crippen molar-refractivity contribution in [3.05, 3.63) is 12.7 Å². The molecule has 0 fully saturated rings. The van der Waals surface area contributed by atoms with Crippen molar-refractivity contribution in [3.63, 3.8) is 0 Å². The summed E-state index contributed by atoms with van der Waals surface area (Å²) < 4.78 is 0. The largest absolute Gasteiger partial charge is 0.481 e. The monoisotopic (exact) mass is 213 g/mol. The van der Waals surface area contributed by atoms with Gasteiger partial charge in [-0.05, 0) is 19.3 Å². The maximum absolute atomic E-state index is 11.1. The average molecular weight is 213 g/mol. The van der Waals surface area contributed by atoms with Gasteiger partial charge in [0.25, 0.3) is 0 Å². The van der Waals surface area contributed by atoms with E-state index < -0.39 is 5.97 Å². The van der Waals surface area contributed by atoms with Crippen molar-refractivity contribution < 1.29 is 14.7 Å². The molecular formula is C11H19NO3. The van der Waals surface area contributed by atoms with Crippen LogP contribution < -0.4 is 5.32 Å². The fraction of sp³-hybridized carbons (Fsp3) is 0.636. The zero-order chi connectivity index (χ0) is 11.5. The molecule has 86 valence electrons. The molecule has 4 nitrogen and oxygen atoms in total. The van der Waals surface area contributed by atoms with Crippen molar-refractivity contribution in [1.82, 2.24) is 5.32 Å². The second-order valence-corrected chi connectivity index (χ2v) is 3.38. The van der Waals surface area contributed by atoms with Crippen LogP contribution in [0.5, 0.6) is 0 Å². The predicted molar refractivity (Wildman–Crippen MR) is 58.5 cm³/mol. The van der Waals surface area contributed by atoms with Crippen LogP contribution in [0.15, 0.2) is 12.7 Å². The van der Waals surface area contributed by atoms with E-state index in [4.69, 9.17) is 5.11 Å². The second-order valence-electron chi connectivity index (χ2n) is 3.38. The van der Waals surface area contributed by atoms with E-state index in [2.05, 4.69) is 11.9 Å². The molecule has 0 radical (unpaired) electrons. The van der Waals surface area contributed by atoms with Crippen molar-refractivity contribution in [1.29, 1.82) is 0 Å². The molecule has 0 saturated carbocycles. The van der Waals surface area contributed by atoms with Gasteiger partial charge in [-0.25, -0.2) is 0 Å². The zero-order valence-electron chi connectivity index (χ0n) is 9.00. The highest BCUT2D eigenvalue weighted by atomic mass is 16.4. The van der Waals surface area contributed by atoms with Gasteiger partial charge < -0.3 is 10.4 Å². The molecule has 15 heavy (non-hydrogen) atoms. The number of aliphatic carboxylic acids is 1. The predicted octanol–water partition coefficient (Wildman–Crippen LogP) is 1.71. The van der Waals surface area contributed by atoms with E-state index in [9.17, 15) is 9.59 Å². The van der Waals surface area contributed by atoms with E-state index in [1.165, 1.54) is 0 Å². The molecule has 0 heterocycles. The molecule has 0 spiro atoms. The first kappa shape index (κ1) is 13.7. The third kappa shape index (κ3) is 10.6. The molecule has 0 aromatic carbocycles. The highest BCUT2D eigenvalue weighted by Crippen LogP contribution is 2.02. The number of hydrogen-bond acceptors (Lipinski definition) is 2. The minimum Gasteiger partial charge on any atom is -0.481 e. The molecular weight excluding hydrogens is 194 g/mol. The summed E-state index contributed by atoms with van der Waals surface area (Å²) in [6, 6.07) is 0. The van der Waals surface area contributed by atoms with Crippen LogP contribution in [0.1, 0.15) is 38.5 Å². The summed E-state index contributed by atoms with van der Waals surface area (Å²) in [5.74, 6) is -0.948. The summed E-state index contributed by atoms with van der Waals surface area (Å²) in [6.45, 7) is 3.84. The SMILES string of the molecule is C=CCCCCCC(=O)NCCC(=O)O. The normalized spacial score (nSPS) is 9.60. The molecule has 0 aliphatic carbocycles. The maximum Gasteiger partial charge on any atom is 0.305 e. The highest BCUT2D eigenvalue weighted by molar-refractivity contribution is 5.76. The molecule has 0 saturated heterocycles. The van der Waals surface area contributed by atoms with E-state index in [-0.39, 0.29) is 18.9 Å². The van der Waals surface area contributed by atoms with Gasteiger partial charge in [-0.1, -0.05) is 12.5 Å². The van der Waals surface area contributed by atoms with Gasteiger partial charge in [-0.15, -0.1) is 6.58 Å². The molecule has 0 aliphatic rings. The average Bonchev–Trinajstić information content (AvgIpc) is 2.17. The number of unbranched alkanes of at least 4 members (excludes halogenated alkanes) is 3. The van der Waals surface area contributed by atoms with Gasteiger partial charge in [0.15, 0.2) is 0 Å². The van der Waals surface area contributed by atoms with Crippen LogP contribution in [0.2, 0.25) is 0 Å². The van der Waals surface area contributed by atoms with Crippen LogP contribution in [0.3, 0.4) is 0 Å². The number of amides is 1. The van der Waals surface area contributed by atoms with Gasteiger partial charge >= 0.3 is 5.97 Å². The number of hydrogen-bond donors (Lipinski definition) is 2. The molecule has 1 amide bonds. The number of nitrogens with one attached hydrogen (secondary N) is 1. The van der Waals surface area contributed by atoms with Crippen molar-refractivity contribution in [2.24, 2.45) is 0 Å². The van der Waals surface area contributed by atoms with Crippen molar-refractivity contribution in [3.8, 4) is 0 Å². The van der Waals surface area contributed by atoms with Gasteiger partial charge in [0.05, 0.1) is 6.42 Å². The van der Waals surface area contributed by atoms with Crippen LogP contribution in [0.25, 0.3) is 0 Å². The summed E-state index contributed by atoms with van der Waals surface area (Å²) in [4.78, 5) is 21.3. The second kappa shape index (κ2) is 9.24. The molecule has 4 heteroatoms. The Bertz CT molecular complexity index is 214. The Morgan fingerprint density at radius 3 is 2.53 bits per heavy atom. The van der Waals surface area contributed by atoms with Crippen molar-refractivity contribution >= 4 is 11.9 Å². The van der Waals surface area contributed by atoms with E-state index in [0.29, 0.717) is 6.42 Å². The minimum absolute atomic E-state index is 0.0117. The lowest BCUT2D eigenvalue weighted by molar-refractivity contribution is -0.136. The first-order chi connectivity index (χ1) is 7.16. The third-order valence-electron chi connectivity index (χ3n) is 1.97. The van der Waals surface area contributed by atoms with Crippen molar-refractivity contribution in [2.75, 3.05) is 6.54 Å². The topological polar surface area (TPSA) is 66.4 Å². The van der Waals surface area contributed by atoms with Gasteiger partial charge in [0.2, 0.25) is 5.91 Å². The number of carbonyl (C=O) groups excluding carboxylic acids is 1. The number of carbonyl (C=O) groups is 2. The van der Waals surface area contributed by atoms with Crippen LogP contribution in [0, 0.1) is 0 Å². The fourth-order valence-corrected chi connectivity index (χ4v) is 1.15. The molecule has 0 aromatic rings. The summed E-state index contributed by atoms with van der Waals surface area (Å²) >= 11 is 0. The lowest BCUT2D eigenvalue weighted by Gasteiger charge is -2.02. The van der Waals surface area contributed by atoms with Crippen LogP contribution in [-0.4, -0.2) is 23.5 Å². The Hall–Kier alpha value is -1.32. The van der Waals surface area contributed by atoms with E-state index in [1.807, 2.05) is 6.08 Å². The lowest BCUT2D eigenvalue weighted by Crippen LogP contribution is -2.25. The third-order valence-corrected chi connectivity index (χ3v) is 1.97. The molecule has 0 atom stereocenters. The summed E-state index contributed by atoms with van der Waals surface area (Å²) in [6.07, 6.45) is 6.25. The zero-order valence-corrected chi connectivity index (χ0v) is 9.00. The van der Waals surface area contributed by atoms with Crippen molar-refractivity contribution in [2.45, 2.75) is 38.5 Å². The van der Waals surface area contributed by atoms with Gasteiger partial charge in [0.1, 0.15) is 0 Å². The molecule has 0 aromatic heterocycles. The Morgan fingerprint density at radius 2 is 1.93 bits per heavy atom. The Morgan fingerprint density at radius 1 is 1.20 bits per heavy atom. The molecule has 0 bridgehead atoms. The van der Waals surface area contributed by atoms with Gasteiger partial charge in [-0.2, -0.15) is 0 Å². The first-order valence-corrected chi connectivity index (χ1v) is 5.26.